The molecule has 0 atom stereocenters. The Morgan fingerprint density at radius 1 is 1.09 bits per heavy atom. The van der Waals surface area contributed by atoms with Crippen LogP contribution >= 0.6 is 0 Å². The molecule has 3 rings (SSSR count). The van der Waals surface area contributed by atoms with Crippen LogP contribution in [0.15, 0.2) is 59.7 Å². The van der Waals surface area contributed by atoms with Gasteiger partial charge in [-0.1, -0.05) is 51.1 Å². The van der Waals surface area contributed by atoms with Crippen molar-refractivity contribution in [3.63, 3.8) is 0 Å². The van der Waals surface area contributed by atoms with Gasteiger partial charge in [-0.3, -0.25) is 14.8 Å². The molecular formula is C26H33N5O. The smallest absolute Gasteiger partial charge is 0.258 e. The van der Waals surface area contributed by atoms with Crippen molar-refractivity contribution in [2.24, 2.45) is 4.99 Å². The van der Waals surface area contributed by atoms with Gasteiger partial charge in [0.25, 0.3) is 5.91 Å². The first-order chi connectivity index (χ1) is 15.4. The minimum absolute atomic E-state index is 0.188. The van der Waals surface area contributed by atoms with Crippen LogP contribution in [0.2, 0.25) is 0 Å². The van der Waals surface area contributed by atoms with Crippen LogP contribution in [0.4, 0.5) is 5.69 Å². The number of aryl methyl sites for hydroxylation is 3. The lowest BCUT2D eigenvalue weighted by Gasteiger charge is -2.14. The maximum absolute atomic E-state index is 12.9. The number of rotatable bonds is 7. The Balaban J connectivity index is 1.83. The third kappa shape index (κ3) is 6.06. The highest BCUT2D eigenvalue weighted by Crippen LogP contribution is 2.17. The Hall–Kier alpha value is -3.41. The summed E-state index contributed by atoms with van der Waals surface area (Å²) in [4.78, 5) is 17.6. The largest absolute Gasteiger partial charge is 0.326 e. The lowest BCUT2D eigenvalue weighted by atomic mass is 10.0. The molecule has 2 aromatic carbocycles. The van der Waals surface area contributed by atoms with Crippen LogP contribution in [0.5, 0.6) is 0 Å². The van der Waals surface area contributed by atoms with Gasteiger partial charge >= 0.3 is 0 Å². The van der Waals surface area contributed by atoms with Crippen LogP contribution in [-0.2, 0) is 13.1 Å². The van der Waals surface area contributed by atoms with E-state index in [1.807, 2.05) is 61.1 Å². The Bertz CT molecular complexity index is 1080. The predicted octanol–water partition coefficient (Wildman–Crippen LogP) is 5.43. The number of hydrogen-bond donors (Lipinski definition) is 2. The standard InChI is InChI=1S/C26H33N5O/c1-6-15-31-17-22(20(5)30-31)16-27-26(28-23-13-11-21(12-14-23)18(2)3)29-25(32)24-10-8-7-9-19(24)4/h7-14,17-18H,6,15-16H2,1-5H3,(H2,27,28,29,32). The van der Waals surface area contributed by atoms with Crippen LogP contribution in [0, 0.1) is 13.8 Å². The van der Waals surface area contributed by atoms with E-state index in [0.717, 1.165) is 35.5 Å². The number of nitrogens with one attached hydrogen (secondary N) is 2. The van der Waals surface area contributed by atoms with Gasteiger partial charge in [-0.25, -0.2) is 4.99 Å². The second-order valence-electron chi connectivity index (χ2n) is 8.34. The number of aromatic nitrogens is 2. The highest BCUT2D eigenvalue weighted by Gasteiger charge is 2.12. The second-order valence-corrected chi connectivity index (χ2v) is 8.34. The van der Waals surface area contributed by atoms with Crippen molar-refractivity contribution in [1.82, 2.24) is 15.1 Å². The number of guanidine groups is 1. The van der Waals surface area contributed by atoms with Crippen molar-refractivity contribution in [2.45, 2.75) is 60.0 Å². The van der Waals surface area contributed by atoms with Crippen LogP contribution in [-0.4, -0.2) is 21.6 Å². The number of anilines is 1. The second kappa shape index (κ2) is 10.8. The molecule has 1 aromatic heterocycles. The van der Waals surface area contributed by atoms with E-state index in [2.05, 4.69) is 48.6 Å². The first-order valence-corrected chi connectivity index (χ1v) is 11.2. The Labute approximate surface area is 190 Å². The van der Waals surface area contributed by atoms with Crippen LogP contribution in [0.1, 0.15) is 65.9 Å². The van der Waals surface area contributed by atoms with E-state index in [9.17, 15) is 4.79 Å². The Morgan fingerprint density at radius 2 is 1.81 bits per heavy atom. The fraction of sp³-hybridized carbons (Fsp3) is 0.346. The van der Waals surface area contributed by atoms with E-state index in [0.29, 0.717) is 24.0 Å². The normalized spacial score (nSPS) is 11.6. The van der Waals surface area contributed by atoms with Crippen molar-refractivity contribution in [2.75, 3.05) is 5.32 Å². The molecule has 6 nitrogen and oxygen atoms in total. The molecule has 0 saturated carbocycles. The minimum Gasteiger partial charge on any atom is -0.326 e. The molecule has 168 valence electrons. The molecule has 0 unspecified atom stereocenters. The highest BCUT2D eigenvalue weighted by atomic mass is 16.1. The zero-order valence-electron chi connectivity index (χ0n) is 19.6. The number of nitrogens with zero attached hydrogens (tertiary/aromatic N) is 3. The summed E-state index contributed by atoms with van der Waals surface area (Å²) in [5.74, 6) is 0.685. The van der Waals surface area contributed by atoms with Crippen LogP contribution in [0.3, 0.4) is 0 Å². The average Bonchev–Trinajstić information content (AvgIpc) is 3.12. The Morgan fingerprint density at radius 3 is 2.47 bits per heavy atom. The first kappa shape index (κ1) is 23.3. The van der Waals surface area contributed by atoms with Crippen molar-refractivity contribution >= 4 is 17.6 Å². The molecule has 0 radical (unpaired) electrons. The summed E-state index contributed by atoms with van der Waals surface area (Å²) in [6, 6.07) is 15.7. The SMILES string of the molecule is CCCn1cc(CN=C(NC(=O)c2ccccc2C)Nc2ccc(C(C)C)cc2)c(C)n1. The number of carbonyl (C=O) groups excluding carboxylic acids is 1. The Kier molecular flexibility index (Phi) is 7.82. The van der Waals surface area contributed by atoms with Crippen molar-refractivity contribution < 1.29 is 4.79 Å². The van der Waals surface area contributed by atoms with Crippen molar-refractivity contribution in [1.29, 1.82) is 0 Å². The van der Waals surface area contributed by atoms with Gasteiger partial charge in [-0.2, -0.15) is 5.10 Å². The molecule has 3 aromatic rings. The quantitative estimate of drug-likeness (QED) is 0.387. The molecule has 0 fully saturated rings. The molecular weight excluding hydrogens is 398 g/mol. The van der Waals surface area contributed by atoms with E-state index >= 15 is 0 Å². The average molecular weight is 432 g/mol. The fourth-order valence-electron chi connectivity index (χ4n) is 3.42. The zero-order chi connectivity index (χ0) is 23.1. The zero-order valence-corrected chi connectivity index (χ0v) is 19.6. The molecule has 0 bridgehead atoms. The number of aliphatic imine (C=N–C) groups is 1. The summed E-state index contributed by atoms with van der Waals surface area (Å²) in [6.45, 7) is 11.7. The fourth-order valence-corrected chi connectivity index (χ4v) is 3.42. The first-order valence-electron chi connectivity index (χ1n) is 11.2. The lowest BCUT2D eigenvalue weighted by Crippen LogP contribution is -2.36. The van der Waals surface area contributed by atoms with Gasteiger partial charge < -0.3 is 5.32 Å². The lowest BCUT2D eigenvalue weighted by molar-refractivity contribution is 0.0976. The van der Waals surface area contributed by atoms with Crippen LogP contribution in [0.25, 0.3) is 0 Å². The van der Waals surface area contributed by atoms with E-state index < -0.39 is 0 Å². The number of benzene rings is 2. The molecule has 0 saturated heterocycles. The number of hydrogen-bond acceptors (Lipinski definition) is 3. The molecule has 0 aliphatic rings. The van der Waals surface area contributed by atoms with Gasteiger partial charge in [0.2, 0.25) is 5.96 Å². The summed E-state index contributed by atoms with van der Waals surface area (Å²) in [7, 11) is 0. The third-order valence-corrected chi connectivity index (χ3v) is 5.37. The van der Waals surface area contributed by atoms with E-state index in [1.54, 1.807) is 0 Å². The molecule has 6 heteroatoms. The van der Waals surface area contributed by atoms with Gasteiger partial charge in [-0.05, 0) is 55.5 Å². The van der Waals surface area contributed by atoms with Gasteiger partial charge in [0.1, 0.15) is 0 Å². The minimum atomic E-state index is -0.188. The maximum Gasteiger partial charge on any atom is 0.258 e. The molecule has 0 spiro atoms. The topological polar surface area (TPSA) is 71.3 Å². The van der Waals surface area contributed by atoms with Gasteiger partial charge in [0.15, 0.2) is 0 Å². The van der Waals surface area contributed by atoms with E-state index in [-0.39, 0.29) is 5.91 Å². The number of carbonyl (C=O) groups is 1. The molecule has 1 amide bonds. The summed E-state index contributed by atoms with van der Waals surface area (Å²) < 4.78 is 1.95. The summed E-state index contributed by atoms with van der Waals surface area (Å²) in [5, 5.41) is 10.8. The number of amides is 1. The van der Waals surface area contributed by atoms with Gasteiger partial charge in [0, 0.05) is 29.6 Å². The highest BCUT2D eigenvalue weighted by molar-refractivity contribution is 6.10. The molecule has 0 aliphatic heterocycles. The van der Waals surface area contributed by atoms with Crippen LogP contribution < -0.4 is 10.6 Å². The molecule has 0 aliphatic carbocycles. The van der Waals surface area contributed by atoms with Crippen molar-refractivity contribution in [3.05, 3.63) is 82.7 Å². The van der Waals surface area contributed by atoms with E-state index in [4.69, 9.17) is 4.99 Å². The van der Waals surface area contributed by atoms with Crippen molar-refractivity contribution in [3.8, 4) is 0 Å². The summed E-state index contributed by atoms with van der Waals surface area (Å²) in [5.41, 5.74) is 5.67. The van der Waals surface area contributed by atoms with E-state index in [1.165, 1.54) is 5.56 Å². The molecule has 1 heterocycles. The third-order valence-electron chi connectivity index (χ3n) is 5.37. The maximum atomic E-state index is 12.9. The van der Waals surface area contributed by atoms with Gasteiger partial charge in [0.05, 0.1) is 12.2 Å². The molecule has 32 heavy (non-hydrogen) atoms. The predicted molar refractivity (Wildman–Crippen MR) is 131 cm³/mol. The monoisotopic (exact) mass is 431 g/mol. The van der Waals surface area contributed by atoms with Gasteiger partial charge in [-0.15, -0.1) is 0 Å². The summed E-state index contributed by atoms with van der Waals surface area (Å²) >= 11 is 0. The summed E-state index contributed by atoms with van der Waals surface area (Å²) in [6.07, 6.45) is 3.05. The molecule has 2 N–H and O–H groups in total.